The highest BCUT2D eigenvalue weighted by molar-refractivity contribution is 5.30. The van der Waals surface area contributed by atoms with Gasteiger partial charge in [-0.25, -0.2) is 0 Å². The zero-order valence-corrected chi connectivity index (χ0v) is 7.65. The van der Waals surface area contributed by atoms with Crippen molar-refractivity contribution in [3.05, 3.63) is 48.1 Å². The Hall–Kier alpha value is -1.04. The quantitative estimate of drug-likeness (QED) is 0.536. The molecule has 0 aromatic rings. The molecule has 0 saturated heterocycles. The molecule has 11 heavy (non-hydrogen) atoms. The molecule has 0 aromatic carbocycles. The smallest absolute Gasteiger partial charge is 0.0395 e. The topological polar surface area (TPSA) is 0 Å². The van der Waals surface area contributed by atoms with Gasteiger partial charge in [0.15, 0.2) is 0 Å². The lowest BCUT2D eigenvalue weighted by molar-refractivity contribution is 1.36. The van der Waals surface area contributed by atoms with Gasteiger partial charge < -0.3 is 0 Å². The van der Waals surface area contributed by atoms with E-state index >= 15 is 0 Å². The van der Waals surface area contributed by atoms with E-state index in [1.807, 2.05) is 26.0 Å². The fourth-order valence-corrected chi connectivity index (χ4v) is 0.467. The summed E-state index contributed by atoms with van der Waals surface area (Å²) in [5.41, 5.74) is 3.50. The summed E-state index contributed by atoms with van der Waals surface area (Å²) < 4.78 is 0. The van der Waals surface area contributed by atoms with Crippen molar-refractivity contribution in [1.82, 2.24) is 0 Å². The molecule has 0 nitrogen and oxygen atoms in total. The molecule has 0 aliphatic heterocycles. The van der Waals surface area contributed by atoms with Crippen LogP contribution < -0.4 is 0 Å². The van der Waals surface area contributed by atoms with Crippen molar-refractivity contribution < 1.29 is 0 Å². The second kappa shape index (κ2) is 4.73. The van der Waals surface area contributed by atoms with Crippen LogP contribution in [0.5, 0.6) is 0 Å². The van der Waals surface area contributed by atoms with Crippen LogP contribution in [-0.2, 0) is 0 Å². The molecule has 0 heterocycles. The maximum absolute atomic E-state index is 3.84. The maximum atomic E-state index is 3.84. The molecule has 0 radical (unpaired) electrons. The number of hydrogen-bond acceptors (Lipinski definition) is 0. The molecule has 0 aromatic heterocycles. The molecule has 0 spiro atoms. The van der Waals surface area contributed by atoms with Crippen molar-refractivity contribution >= 4 is 0 Å². The molecule has 0 aliphatic rings. The van der Waals surface area contributed by atoms with E-state index in [-0.39, 0.29) is 0 Å². The normalized spacial score (nSPS) is 13.0. The van der Waals surface area contributed by atoms with Gasteiger partial charge >= 0.3 is 0 Å². The first-order valence-corrected chi connectivity index (χ1v) is 3.71. The van der Waals surface area contributed by atoms with Gasteiger partial charge in [0.1, 0.15) is 0 Å². The highest BCUT2D eigenvalue weighted by Crippen LogP contribution is 2.05. The summed E-state index contributed by atoms with van der Waals surface area (Å²) >= 11 is 0. The summed E-state index contributed by atoms with van der Waals surface area (Å²) in [4.78, 5) is 0. The Morgan fingerprint density at radius 1 is 1.09 bits per heavy atom. The minimum absolute atomic E-state index is 1.11. The van der Waals surface area contributed by atoms with E-state index in [0.29, 0.717) is 0 Å². The van der Waals surface area contributed by atoms with Gasteiger partial charge in [-0.05, 0) is 26.3 Å². The van der Waals surface area contributed by atoms with Gasteiger partial charge in [-0.3, -0.25) is 0 Å². The highest BCUT2D eigenvalue weighted by Gasteiger charge is 1.85. The Morgan fingerprint density at radius 2 is 1.64 bits per heavy atom. The summed E-state index contributed by atoms with van der Waals surface area (Å²) in [6.45, 7) is 13.6. The monoisotopic (exact) mass is 148 g/mol. The van der Waals surface area contributed by atoms with Crippen molar-refractivity contribution in [2.45, 2.75) is 20.8 Å². The number of rotatable bonds is 3. The SMILES string of the molecule is C=C/C(C)=C\C=C(/C)C(=C)C. The first-order chi connectivity index (χ1) is 5.07. The van der Waals surface area contributed by atoms with Gasteiger partial charge in [0, 0.05) is 0 Å². The summed E-state index contributed by atoms with van der Waals surface area (Å²) in [6.07, 6.45) is 5.93. The van der Waals surface area contributed by atoms with E-state index in [9.17, 15) is 0 Å². The molecular formula is C11H16. The zero-order chi connectivity index (χ0) is 8.85. The largest absolute Gasteiger partial charge is 0.0988 e. The van der Waals surface area contributed by atoms with E-state index in [4.69, 9.17) is 0 Å². The van der Waals surface area contributed by atoms with Crippen molar-refractivity contribution in [1.29, 1.82) is 0 Å². The average molecular weight is 148 g/mol. The van der Waals surface area contributed by atoms with Crippen molar-refractivity contribution in [2.75, 3.05) is 0 Å². The molecule has 0 rings (SSSR count). The summed E-state index contributed by atoms with van der Waals surface area (Å²) in [5.74, 6) is 0. The second-order valence-electron chi connectivity index (χ2n) is 2.74. The van der Waals surface area contributed by atoms with Gasteiger partial charge in [0.05, 0.1) is 0 Å². The van der Waals surface area contributed by atoms with Crippen LogP contribution in [-0.4, -0.2) is 0 Å². The van der Waals surface area contributed by atoms with Crippen molar-refractivity contribution in [3.63, 3.8) is 0 Å². The highest BCUT2D eigenvalue weighted by atomic mass is 13.9. The van der Waals surface area contributed by atoms with E-state index in [2.05, 4.69) is 26.2 Å². The van der Waals surface area contributed by atoms with Crippen LogP contribution in [0, 0.1) is 0 Å². The van der Waals surface area contributed by atoms with E-state index in [1.54, 1.807) is 0 Å². The molecule has 0 N–H and O–H groups in total. The summed E-state index contributed by atoms with van der Waals surface area (Å²) in [6, 6.07) is 0. The first-order valence-electron chi connectivity index (χ1n) is 3.71. The predicted molar refractivity (Wildman–Crippen MR) is 52.5 cm³/mol. The van der Waals surface area contributed by atoms with Crippen LogP contribution in [0.4, 0.5) is 0 Å². The van der Waals surface area contributed by atoms with Crippen LogP contribution in [0.25, 0.3) is 0 Å². The fraction of sp³-hybridized carbons (Fsp3) is 0.273. The molecule has 0 heteroatoms. The molecule has 0 atom stereocenters. The Bertz CT molecular complexity index is 214. The number of allylic oxidation sites excluding steroid dienone is 6. The minimum Gasteiger partial charge on any atom is -0.0988 e. The van der Waals surface area contributed by atoms with Gasteiger partial charge in [0.2, 0.25) is 0 Å². The second-order valence-corrected chi connectivity index (χ2v) is 2.74. The van der Waals surface area contributed by atoms with Gasteiger partial charge in [-0.2, -0.15) is 0 Å². The van der Waals surface area contributed by atoms with Gasteiger partial charge in [-0.15, -0.1) is 0 Å². The maximum Gasteiger partial charge on any atom is -0.0395 e. The van der Waals surface area contributed by atoms with Crippen LogP contribution in [0.3, 0.4) is 0 Å². The van der Waals surface area contributed by atoms with E-state index in [1.165, 1.54) is 11.1 Å². The summed E-state index contributed by atoms with van der Waals surface area (Å²) in [7, 11) is 0. The van der Waals surface area contributed by atoms with Crippen LogP contribution in [0.1, 0.15) is 20.8 Å². The third-order valence-corrected chi connectivity index (χ3v) is 1.59. The Balaban J connectivity index is 4.34. The lowest BCUT2D eigenvalue weighted by atomic mass is 10.1. The van der Waals surface area contributed by atoms with Crippen molar-refractivity contribution in [3.8, 4) is 0 Å². The fourth-order valence-electron chi connectivity index (χ4n) is 0.467. The molecule has 0 fully saturated rings. The van der Waals surface area contributed by atoms with Crippen molar-refractivity contribution in [2.24, 2.45) is 0 Å². The Labute approximate surface area is 69.6 Å². The molecule has 0 saturated carbocycles. The Morgan fingerprint density at radius 3 is 2.00 bits per heavy atom. The molecule has 0 amide bonds. The molecule has 0 aliphatic carbocycles. The Kier molecular flexibility index (Phi) is 4.28. The van der Waals surface area contributed by atoms with Crippen LogP contribution >= 0.6 is 0 Å². The molecule has 60 valence electrons. The molecule has 0 bridgehead atoms. The molecule has 0 unspecified atom stereocenters. The predicted octanol–water partition coefficient (Wildman–Crippen LogP) is 3.64. The van der Waals surface area contributed by atoms with Crippen LogP contribution in [0.15, 0.2) is 48.1 Å². The third kappa shape index (κ3) is 4.38. The summed E-state index contributed by atoms with van der Waals surface area (Å²) in [5, 5.41) is 0. The molecular weight excluding hydrogens is 132 g/mol. The lowest BCUT2D eigenvalue weighted by Crippen LogP contribution is -1.74. The van der Waals surface area contributed by atoms with Gasteiger partial charge in [0.25, 0.3) is 0 Å². The van der Waals surface area contributed by atoms with Crippen LogP contribution in [0.2, 0.25) is 0 Å². The number of hydrogen-bond donors (Lipinski definition) is 0. The average Bonchev–Trinajstić information content (AvgIpc) is 1.99. The minimum atomic E-state index is 1.11. The first kappa shape index (κ1) is 9.96. The third-order valence-electron chi connectivity index (χ3n) is 1.59. The lowest BCUT2D eigenvalue weighted by Gasteiger charge is -1.95. The van der Waals surface area contributed by atoms with E-state index < -0.39 is 0 Å². The van der Waals surface area contributed by atoms with Gasteiger partial charge in [-0.1, -0.05) is 42.5 Å². The zero-order valence-electron chi connectivity index (χ0n) is 7.65. The standard InChI is InChI=1S/C11H16/c1-6-10(4)7-8-11(5)9(2)3/h6-8H,1-2H2,3-5H3/b10-7-,11-8+. The van der Waals surface area contributed by atoms with E-state index in [0.717, 1.165) is 5.57 Å².